The van der Waals surface area contributed by atoms with Gasteiger partial charge in [0.05, 0.1) is 6.54 Å². The van der Waals surface area contributed by atoms with E-state index >= 15 is 0 Å². The van der Waals surface area contributed by atoms with Crippen molar-refractivity contribution in [2.45, 2.75) is 6.54 Å². The number of hydrogen-bond donors (Lipinski definition) is 3. The lowest BCUT2D eigenvalue weighted by molar-refractivity contribution is 0.252. The molecular formula is C15H13ClN2O2S. The van der Waals surface area contributed by atoms with Crippen molar-refractivity contribution in [2.75, 3.05) is 11.9 Å². The lowest BCUT2D eigenvalue weighted by atomic mass is 10.3. The summed E-state index contributed by atoms with van der Waals surface area (Å²) < 4.78 is 0. The molecule has 0 aliphatic rings. The van der Waals surface area contributed by atoms with Crippen LogP contribution in [0.4, 0.5) is 10.5 Å². The first-order valence-corrected chi connectivity index (χ1v) is 7.40. The van der Waals surface area contributed by atoms with Crippen molar-refractivity contribution in [2.24, 2.45) is 0 Å². The highest BCUT2D eigenvalue weighted by molar-refractivity contribution is 7.10. The molecule has 1 heterocycles. The molecule has 21 heavy (non-hydrogen) atoms. The molecule has 2 amide bonds. The number of aliphatic hydroxyl groups is 1. The van der Waals surface area contributed by atoms with Gasteiger partial charge in [-0.25, -0.2) is 4.79 Å². The Labute approximate surface area is 131 Å². The van der Waals surface area contributed by atoms with E-state index in [1.807, 2.05) is 11.4 Å². The molecule has 108 valence electrons. The minimum absolute atomic E-state index is 0.160. The van der Waals surface area contributed by atoms with Crippen LogP contribution in [-0.4, -0.2) is 17.7 Å². The van der Waals surface area contributed by atoms with Crippen LogP contribution in [0.25, 0.3) is 0 Å². The van der Waals surface area contributed by atoms with Crippen molar-refractivity contribution < 1.29 is 9.90 Å². The van der Waals surface area contributed by atoms with E-state index in [0.29, 0.717) is 17.3 Å². The Morgan fingerprint density at radius 2 is 2.10 bits per heavy atom. The monoisotopic (exact) mass is 320 g/mol. The number of halogens is 1. The first kappa shape index (κ1) is 15.4. The van der Waals surface area contributed by atoms with Gasteiger partial charge in [0, 0.05) is 26.5 Å². The fraction of sp³-hybridized carbons (Fsp3) is 0.133. The maximum Gasteiger partial charge on any atom is 0.319 e. The third-order valence-corrected chi connectivity index (χ3v) is 3.68. The summed E-state index contributed by atoms with van der Waals surface area (Å²) in [5, 5.41) is 16.6. The number of hydrogen-bond acceptors (Lipinski definition) is 3. The van der Waals surface area contributed by atoms with Crippen molar-refractivity contribution in [1.29, 1.82) is 0 Å². The van der Waals surface area contributed by atoms with E-state index in [-0.39, 0.29) is 12.6 Å². The van der Waals surface area contributed by atoms with E-state index < -0.39 is 0 Å². The van der Waals surface area contributed by atoms with Gasteiger partial charge in [0.25, 0.3) is 0 Å². The molecule has 0 unspecified atom stereocenters. The molecule has 2 rings (SSSR count). The van der Waals surface area contributed by atoms with Gasteiger partial charge in [-0.1, -0.05) is 23.4 Å². The highest BCUT2D eigenvalue weighted by Crippen LogP contribution is 2.15. The van der Waals surface area contributed by atoms with Gasteiger partial charge in [-0.15, -0.1) is 11.3 Å². The van der Waals surface area contributed by atoms with Gasteiger partial charge in [0.1, 0.15) is 6.61 Å². The van der Waals surface area contributed by atoms with Gasteiger partial charge in [-0.3, -0.25) is 0 Å². The van der Waals surface area contributed by atoms with Crippen LogP contribution in [-0.2, 0) is 6.54 Å². The molecule has 0 saturated heterocycles. The van der Waals surface area contributed by atoms with Gasteiger partial charge < -0.3 is 15.7 Å². The van der Waals surface area contributed by atoms with Crippen LogP contribution in [0.15, 0.2) is 35.7 Å². The largest absolute Gasteiger partial charge is 0.384 e. The maximum absolute atomic E-state index is 11.7. The van der Waals surface area contributed by atoms with Gasteiger partial charge in [-0.2, -0.15) is 0 Å². The van der Waals surface area contributed by atoms with Gasteiger partial charge >= 0.3 is 6.03 Å². The van der Waals surface area contributed by atoms with Crippen LogP contribution >= 0.6 is 22.9 Å². The predicted molar refractivity (Wildman–Crippen MR) is 85.6 cm³/mol. The number of rotatable bonds is 3. The predicted octanol–water partition coefficient (Wildman–Crippen LogP) is 3.07. The van der Waals surface area contributed by atoms with Crippen LogP contribution < -0.4 is 10.6 Å². The molecule has 0 radical (unpaired) electrons. The summed E-state index contributed by atoms with van der Waals surface area (Å²) in [4.78, 5) is 12.7. The zero-order valence-electron chi connectivity index (χ0n) is 11.0. The summed E-state index contributed by atoms with van der Waals surface area (Å²) in [6.45, 7) is 0.262. The Morgan fingerprint density at radius 1 is 1.33 bits per heavy atom. The Bertz CT molecular complexity index is 671. The average Bonchev–Trinajstić information content (AvgIpc) is 2.93. The lowest BCUT2D eigenvalue weighted by Crippen LogP contribution is -2.27. The number of anilines is 1. The maximum atomic E-state index is 11.7. The van der Waals surface area contributed by atoms with Crippen molar-refractivity contribution >= 4 is 34.7 Å². The second-order valence-electron chi connectivity index (χ2n) is 4.08. The molecule has 0 fully saturated rings. The number of amides is 2. The number of thiophene rings is 1. The van der Waals surface area contributed by atoms with Gasteiger partial charge in [-0.05, 0) is 30.3 Å². The first-order valence-electron chi connectivity index (χ1n) is 6.15. The molecule has 0 aliphatic heterocycles. The molecule has 1 aromatic carbocycles. The number of aliphatic hydroxyl groups excluding tert-OH is 1. The SMILES string of the molecule is O=C(NCc1cc(C#CCO)cs1)Nc1ccc(Cl)cc1. The standard InChI is InChI=1S/C15H13ClN2O2S/c16-12-3-5-13(6-4-12)18-15(20)17-9-14-8-11(10-21-14)2-1-7-19/h3-6,8,10,19H,7,9H2,(H2,17,18,20). The molecule has 0 bridgehead atoms. The molecule has 1 aromatic heterocycles. The molecule has 0 atom stereocenters. The van der Waals surface area contributed by atoms with E-state index in [1.165, 1.54) is 11.3 Å². The van der Waals surface area contributed by atoms with Crippen molar-refractivity contribution in [3.63, 3.8) is 0 Å². The average molecular weight is 321 g/mol. The number of carbonyl (C=O) groups excluding carboxylic acids is 1. The minimum Gasteiger partial charge on any atom is -0.384 e. The number of carbonyl (C=O) groups is 1. The third-order valence-electron chi connectivity index (χ3n) is 2.49. The normalized spacial score (nSPS) is 9.62. The Balaban J connectivity index is 1.83. The van der Waals surface area contributed by atoms with Crippen molar-refractivity contribution in [3.05, 3.63) is 51.2 Å². The van der Waals surface area contributed by atoms with Crippen LogP contribution in [0, 0.1) is 11.8 Å². The van der Waals surface area contributed by atoms with Gasteiger partial charge in [0.15, 0.2) is 0 Å². The molecule has 0 spiro atoms. The summed E-state index contributed by atoms with van der Waals surface area (Å²) in [5.74, 6) is 5.40. The molecule has 0 aliphatic carbocycles. The number of urea groups is 1. The zero-order valence-corrected chi connectivity index (χ0v) is 12.6. The Morgan fingerprint density at radius 3 is 2.81 bits per heavy atom. The van der Waals surface area contributed by atoms with E-state index in [4.69, 9.17) is 16.7 Å². The second kappa shape index (κ2) is 7.70. The zero-order chi connectivity index (χ0) is 15.1. The highest BCUT2D eigenvalue weighted by Gasteiger charge is 2.03. The van der Waals surface area contributed by atoms with Crippen molar-refractivity contribution in [1.82, 2.24) is 5.32 Å². The van der Waals surface area contributed by atoms with Crippen LogP contribution in [0.3, 0.4) is 0 Å². The second-order valence-corrected chi connectivity index (χ2v) is 5.51. The van der Waals surface area contributed by atoms with E-state index in [2.05, 4.69) is 22.5 Å². The summed E-state index contributed by atoms with van der Waals surface area (Å²) in [5.41, 5.74) is 1.52. The van der Waals surface area contributed by atoms with Crippen LogP contribution in [0.5, 0.6) is 0 Å². The summed E-state index contributed by atoms with van der Waals surface area (Å²) in [6, 6.07) is 8.49. The molecule has 2 aromatic rings. The lowest BCUT2D eigenvalue weighted by Gasteiger charge is -2.06. The summed E-state index contributed by atoms with van der Waals surface area (Å²) in [6.07, 6.45) is 0. The molecule has 0 saturated carbocycles. The first-order chi connectivity index (χ1) is 10.2. The quantitative estimate of drug-likeness (QED) is 0.761. The van der Waals surface area contributed by atoms with E-state index in [0.717, 1.165) is 10.4 Å². The third kappa shape index (κ3) is 5.12. The fourth-order valence-electron chi connectivity index (χ4n) is 1.56. The molecule has 3 N–H and O–H groups in total. The molecule has 4 nitrogen and oxygen atoms in total. The Hall–Kier alpha value is -2.00. The molecule has 6 heteroatoms. The van der Waals surface area contributed by atoms with Gasteiger partial charge in [0.2, 0.25) is 0 Å². The molecular weight excluding hydrogens is 308 g/mol. The van der Waals surface area contributed by atoms with Crippen LogP contribution in [0.1, 0.15) is 10.4 Å². The summed E-state index contributed by atoms with van der Waals surface area (Å²) >= 11 is 7.28. The number of benzene rings is 1. The fourth-order valence-corrected chi connectivity index (χ4v) is 2.44. The van der Waals surface area contributed by atoms with Crippen molar-refractivity contribution in [3.8, 4) is 11.8 Å². The Kier molecular flexibility index (Phi) is 5.64. The number of nitrogens with one attached hydrogen (secondary N) is 2. The van der Waals surface area contributed by atoms with Crippen LogP contribution in [0.2, 0.25) is 5.02 Å². The highest BCUT2D eigenvalue weighted by atomic mass is 35.5. The smallest absolute Gasteiger partial charge is 0.319 e. The van der Waals surface area contributed by atoms with E-state index in [1.54, 1.807) is 24.3 Å². The minimum atomic E-state index is -0.284. The van der Waals surface area contributed by atoms with E-state index in [9.17, 15) is 4.79 Å². The topological polar surface area (TPSA) is 61.4 Å². The summed E-state index contributed by atoms with van der Waals surface area (Å²) in [7, 11) is 0.